The number of hydrogen-bond acceptors (Lipinski definition) is 4. The van der Waals surface area contributed by atoms with E-state index in [0.29, 0.717) is 15.6 Å². The van der Waals surface area contributed by atoms with Crippen LogP contribution in [0.2, 0.25) is 5.02 Å². The standard InChI is InChI=1S/C26H24ClN3O3S/c1-17-6-4-5-13-29(17)24(31)16-28-15-18(21-7-2-3-8-22(21)28)14-23-25(32)30(26(33)34-23)20-11-9-19(27)10-12-20/h2-3,7-12,14-15,17H,4-6,13,16H2,1H3/b23-14-/t17-/m0/s1. The molecule has 2 aromatic carbocycles. The third-order valence-corrected chi connectivity index (χ3v) is 7.54. The normalized spacial score (nSPS) is 20.1. The average molecular weight is 494 g/mol. The van der Waals surface area contributed by atoms with Crippen LogP contribution >= 0.6 is 23.4 Å². The molecule has 3 heterocycles. The Labute approximate surface area is 207 Å². The van der Waals surface area contributed by atoms with Crippen LogP contribution in [0.1, 0.15) is 31.7 Å². The molecule has 3 aromatic rings. The molecule has 0 spiro atoms. The molecule has 5 rings (SSSR count). The molecule has 2 aliphatic heterocycles. The minimum Gasteiger partial charge on any atom is -0.338 e. The van der Waals surface area contributed by atoms with Gasteiger partial charge in [-0.05, 0) is 74.4 Å². The lowest BCUT2D eigenvalue weighted by molar-refractivity contribution is -0.135. The van der Waals surface area contributed by atoms with Crippen LogP contribution < -0.4 is 4.90 Å². The number of fused-ring (bicyclic) bond motifs is 1. The van der Waals surface area contributed by atoms with Gasteiger partial charge in [0.2, 0.25) is 5.91 Å². The van der Waals surface area contributed by atoms with Gasteiger partial charge in [0.1, 0.15) is 6.54 Å². The van der Waals surface area contributed by atoms with Crippen molar-refractivity contribution in [1.82, 2.24) is 9.47 Å². The number of imide groups is 1. The van der Waals surface area contributed by atoms with Crippen molar-refractivity contribution in [2.75, 3.05) is 11.4 Å². The van der Waals surface area contributed by atoms with Gasteiger partial charge in [0.25, 0.3) is 11.1 Å². The van der Waals surface area contributed by atoms with Gasteiger partial charge in [0.15, 0.2) is 0 Å². The zero-order chi connectivity index (χ0) is 23.8. The predicted molar refractivity (Wildman–Crippen MR) is 137 cm³/mol. The Morgan fingerprint density at radius 1 is 1.12 bits per heavy atom. The first-order chi connectivity index (χ1) is 16.4. The van der Waals surface area contributed by atoms with Crippen LogP contribution in [-0.2, 0) is 16.1 Å². The van der Waals surface area contributed by atoms with Crippen LogP contribution in [0, 0.1) is 0 Å². The molecule has 3 amide bonds. The maximum absolute atomic E-state index is 13.1. The summed E-state index contributed by atoms with van der Waals surface area (Å²) in [5.41, 5.74) is 2.21. The Bertz CT molecular complexity index is 1310. The van der Waals surface area contributed by atoms with Gasteiger partial charge < -0.3 is 9.47 Å². The van der Waals surface area contributed by atoms with Gasteiger partial charge in [0, 0.05) is 40.3 Å². The fourth-order valence-electron chi connectivity index (χ4n) is 4.65. The fraction of sp³-hybridized carbons (Fsp3) is 0.269. The largest absolute Gasteiger partial charge is 0.338 e. The van der Waals surface area contributed by atoms with Gasteiger partial charge >= 0.3 is 0 Å². The molecular formula is C26H24ClN3O3S. The molecule has 0 N–H and O–H groups in total. The number of thioether (sulfide) groups is 1. The van der Waals surface area contributed by atoms with Crippen LogP contribution in [0.15, 0.2) is 59.6 Å². The lowest BCUT2D eigenvalue weighted by Gasteiger charge is -2.33. The average Bonchev–Trinajstić information content (AvgIpc) is 3.31. The summed E-state index contributed by atoms with van der Waals surface area (Å²) >= 11 is 6.86. The predicted octanol–water partition coefficient (Wildman–Crippen LogP) is 5.94. The van der Waals surface area contributed by atoms with Gasteiger partial charge in [-0.2, -0.15) is 0 Å². The van der Waals surface area contributed by atoms with E-state index < -0.39 is 0 Å². The highest BCUT2D eigenvalue weighted by atomic mass is 35.5. The maximum atomic E-state index is 13.1. The van der Waals surface area contributed by atoms with E-state index in [9.17, 15) is 14.4 Å². The second-order valence-electron chi connectivity index (χ2n) is 8.65. The summed E-state index contributed by atoms with van der Waals surface area (Å²) < 4.78 is 1.94. The summed E-state index contributed by atoms with van der Waals surface area (Å²) in [4.78, 5) is 42.3. The minimum atomic E-state index is -0.368. The monoisotopic (exact) mass is 493 g/mol. The van der Waals surface area contributed by atoms with E-state index in [1.807, 2.05) is 39.9 Å². The number of carbonyl (C=O) groups is 3. The SMILES string of the molecule is C[C@H]1CCCCN1C(=O)Cn1cc(/C=C2\SC(=O)N(c3ccc(Cl)cc3)C2=O)c2ccccc21. The molecule has 8 heteroatoms. The van der Waals surface area contributed by atoms with Crippen LogP contribution in [-0.4, -0.2) is 39.1 Å². The molecule has 0 aliphatic carbocycles. The number of anilines is 1. The molecule has 1 aromatic heterocycles. The van der Waals surface area contributed by atoms with E-state index in [0.717, 1.165) is 58.9 Å². The molecule has 0 unspecified atom stereocenters. The number of carbonyl (C=O) groups excluding carboxylic acids is 3. The molecule has 34 heavy (non-hydrogen) atoms. The zero-order valence-corrected chi connectivity index (χ0v) is 20.3. The van der Waals surface area contributed by atoms with Crippen LogP contribution in [0.25, 0.3) is 17.0 Å². The van der Waals surface area contributed by atoms with Crippen LogP contribution in [0.3, 0.4) is 0 Å². The number of piperidine rings is 1. The number of likely N-dealkylation sites (tertiary alicyclic amines) is 1. The van der Waals surface area contributed by atoms with Crippen LogP contribution in [0.5, 0.6) is 0 Å². The summed E-state index contributed by atoms with van der Waals surface area (Å²) in [7, 11) is 0. The first-order valence-electron chi connectivity index (χ1n) is 11.3. The Morgan fingerprint density at radius 2 is 1.88 bits per heavy atom. The highest BCUT2D eigenvalue weighted by molar-refractivity contribution is 8.19. The van der Waals surface area contributed by atoms with E-state index in [1.165, 1.54) is 0 Å². The number of nitrogens with zero attached hydrogens (tertiary/aromatic N) is 3. The van der Waals surface area contributed by atoms with Crippen molar-refractivity contribution in [2.45, 2.75) is 38.8 Å². The Hall–Kier alpha value is -3.03. The number of rotatable bonds is 4. The maximum Gasteiger partial charge on any atom is 0.298 e. The Morgan fingerprint density at radius 3 is 2.65 bits per heavy atom. The van der Waals surface area contributed by atoms with Gasteiger partial charge in [-0.25, -0.2) is 4.90 Å². The summed E-state index contributed by atoms with van der Waals surface area (Å²) in [5.74, 6) is -0.269. The molecule has 6 nitrogen and oxygen atoms in total. The summed E-state index contributed by atoms with van der Waals surface area (Å²) in [6, 6.07) is 14.7. The van der Waals surface area contributed by atoms with Gasteiger partial charge in [-0.1, -0.05) is 29.8 Å². The van der Waals surface area contributed by atoms with E-state index in [4.69, 9.17) is 11.6 Å². The number of aromatic nitrogens is 1. The second kappa shape index (κ2) is 9.31. The van der Waals surface area contributed by atoms with E-state index in [2.05, 4.69) is 6.92 Å². The summed E-state index contributed by atoms with van der Waals surface area (Å²) in [6.45, 7) is 3.14. The molecule has 2 fully saturated rings. The number of halogens is 1. The molecule has 1 atom stereocenters. The number of hydrogen-bond donors (Lipinski definition) is 0. The van der Waals surface area contributed by atoms with Gasteiger partial charge in [0.05, 0.1) is 10.6 Å². The molecule has 2 saturated heterocycles. The van der Waals surface area contributed by atoms with Crippen molar-refractivity contribution in [3.8, 4) is 0 Å². The van der Waals surface area contributed by atoms with E-state index in [-0.39, 0.29) is 29.6 Å². The third kappa shape index (κ3) is 4.26. The first-order valence-corrected chi connectivity index (χ1v) is 12.5. The lowest BCUT2D eigenvalue weighted by Crippen LogP contribution is -2.43. The van der Waals surface area contributed by atoms with Crippen molar-refractivity contribution >= 4 is 63.1 Å². The van der Waals surface area contributed by atoms with Gasteiger partial charge in [-0.15, -0.1) is 0 Å². The summed E-state index contributed by atoms with van der Waals surface area (Å²) in [5, 5.41) is 1.12. The van der Waals surface area contributed by atoms with Crippen molar-refractivity contribution < 1.29 is 14.4 Å². The first kappa shape index (κ1) is 22.7. The van der Waals surface area contributed by atoms with Crippen molar-refractivity contribution in [2.24, 2.45) is 0 Å². The molecule has 2 aliphatic rings. The van der Waals surface area contributed by atoms with Crippen molar-refractivity contribution in [3.05, 3.63) is 70.2 Å². The quantitative estimate of drug-likeness (QED) is 0.422. The number of amides is 3. The van der Waals surface area contributed by atoms with Crippen molar-refractivity contribution in [1.29, 1.82) is 0 Å². The lowest BCUT2D eigenvalue weighted by atomic mass is 10.0. The van der Waals surface area contributed by atoms with E-state index >= 15 is 0 Å². The highest BCUT2D eigenvalue weighted by Crippen LogP contribution is 2.37. The van der Waals surface area contributed by atoms with Crippen molar-refractivity contribution in [3.63, 3.8) is 0 Å². The smallest absolute Gasteiger partial charge is 0.298 e. The second-order valence-corrected chi connectivity index (χ2v) is 10.1. The fourth-order valence-corrected chi connectivity index (χ4v) is 5.61. The Balaban J connectivity index is 1.45. The topological polar surface area (TPSA) is 62.6 Å². The third-order valence-electron chi connectivity index (χ3n) is 6.41. The summed E-state index contributed by atoms with van der Waals surface area (Å²) in [6.07, 6.45) is 6.87. The molecule has 174 valence electrons. The van der Waals surface area contributed by atoms with Crippen LogP contribution in [0.4, 0.5) is 10.5 Å². The Kier molecular flexibility index (Phi) is 6.23. The molecule has 0 bridgehead atoms. The number of para-hydroxylation sites is 1. The molecule has 0 saturated carbocycles. The number of benzene rings is 2. The molecule has 0 radical (unpaired) electrons. The zero-order valence-electron chi connectivity index (χ0n) is 18.7. The molecular weight excluding hydrogens is 470 g/mol. The van der Waals surface area contributed by atoms with Gasteiger partial charge in [-0.3, -0.25) is 14.4 Å². The highest BCUT2D eigenvalue weighted by Gasteiger charge is 2.36. The van der Waals surface area contributed by atoms with E-state index in [1.54, 1.807) is 30.3 Å². The minimum absolute atomic E-state index is 0.0996.